The van der Waals surface area contributed by atoms with Gasteiger partial charge in [-0.15, -0.1) is 0 Å². The summed E-state index contributed by atoms with van der Waals surface area (Å²) in [6.07, 6.45) is 1.87. The molecule has 7 heteroatoms. The van der Waals surface area contributed by atoms with Gasteiger partial charge in [-0.1, -0.05) is 30.3 Å². The topological polar surface area (TPSA) is 56.6 Å². The molecule has 152 valence electrons. The van der Waals surface area contributed by atoms with Crippen molar-refractivity contribution in [2.45, 2.75) is 19.3 Å². The Kier molecular flexibility index (Phi) is 5.76. The minimum atomic E-state index is -0.358. The van der Waals surface area contributed by atoms with Crippen LogP contribution in [0.5, 0.6) is 6.01 Å². The summed E-state index contributed by atoms with van der Waals surface area (Å²) in [4.78, 5) is 19.2. The Morgan fingerprint density at radius 3 is 2.69 bits per heavy atom. The molecule has 0 saturated carbocycles. The molecule has 1 fully saturated rings. The number of carbonyl (C=O) groups excluding carboxylic acids is 1. The van der Waals surface area contributed by atoms with Crippen LogP contribution in [-0.2, 0) is 11.2 Å². The minimum absolute atomic E-state index is 0.111. The highest BCUT2D eigenvalue weighted by molar-refractivity contribution is 5.93. The fourth-order valence-electron chi connectivity index (χ4n) is 3.69. The summed E-state index contributed by atoms with van der Waals surface area (Å²) >= 11 is 0. The standard InChI is InChI=1S/C22H24FN3O3/c1-28-22-24-18-14-17(23)19(25-10-12-29-13-11-25)15-20(18)26(22)21(27)9-5-8-16-6-3-2-4-7-16/h2-4,6-7,14-15H,5,8-13H2,1H3. The van der Waals surface area contributed by atoms with E-state index < -0.39 is 0 Å². The lowest BCUT2D eigenvalue weighted by Gasteiger charge is -2.29. The number of hydrogen-bond donors (Lipinski definition) is 0. The van der Waals surface area contributed by atoms with Crippen molar-refractivity contribution in [2.24, 2.45) is 0 Å². The number of hydrogen-bond acceptors (Lipinski definition) is 5. The Labute approximate surface area is 168 Å². The molecule has 2 heterocycles. The Balaban J connectivity index is 1.60. The third-order valence-corrected chi connectivity index (χ3v) is 5.17. The fourth-order valence-corrected chi connectivity index (χ4v) is 3.69. The predicted molar refractivity (Wildman–Crippen MR) is 109 cm³/mol. The van der Waals surface area contributed by atoms with E-state index in [0.717, 1.165) is 6.42 Å². The van der Waals surface area contributed by atoms with Gasteiger partial charge in [0.05, 0.1) is 37.0 Å². The molecule has 0 unspecified atom stereocenters. The lowest BCUT2D eigenvalue weighted by atomic mass is 10.1. The summed E-state index contributed by atoms with van der Waals surface area (Å²) in [6.45, 7) is 2.33. The van der Waals surface area contributed by atoms with E-state index in [1.807, 2.05) is 23.1 Å². The van der Waals surface area contributed by atoms with Gasteiger partial charge in [0.15, 0.2) is 0 Å². The Bertz CT molecular complexity index is 997. The van der Waals surface area contributed by atoms with Gasteiger partial charge in [-0.2, -0.15) is 4.98 Å². The number of ether oxygens (including phenoxy) is 2. The predicted octanol–water partition coefficient (Wildman–Crippen LogP) is 3.68. The van der Waals surface area contributed by atoms with Crippen LogP contribution in [0.15, 0.2) is 42.5 Å². The molecular weight excluding hydrogens is 373 g/mol. The van der Waals surface area contributed by atoms with Crippen LogP contribution in [0.3, 0.4) is 0 Å². The number of morpholine rings is 1. The highest BCUT2D eigenvalue weighted by Gasteiger charge is 2.22. The zero-order valence-corrected chi connectivity index (χ0v) is 16.4. The molecule has 2 aromatic carbocycles. The fraction of sp³-hybridized carbons (Fsp3) is 0.364. The molecule has 4 rings (SSSR count). The zero-order valence-electron chi connectivity index (χ0n) is 16.4. The second kappa shape index (κ2) is 8.61. The summed E-state index contributed by atoms with van der Waals surface area (Å²) in [6, 6.07) is 13.3. The average molecular weight is 397 g/mol. The van der Waals surface area contributed by atoms with Crippen molar-refractivity contribution in [2.75, 3.05) is 38.3 Å². The molecule has 0 N–H and O–H groups in total. The van der Waals surface area contributed by atoms with Crippen LogP contribution in [0.25, 0.3) is 11.0 Å². The molecule has 29 heavy (non-hydrogen) atoms. The van der Waals surface area contributed by atoms with Crippen molar-refractivity contribution in [3.63, 3.8) is 0 Å². The Morgan fingerprint density at radius 2 is 1.97 bits per heavy atom. The highest BCUT2D eigenvalue weighted by atomic mass is 19.1. The smallest absolute Gasteiger partial charge is 0.304 e. The van der Waals surface area contributed by atoms with Crippen molar-refractivity contribution in [1.29, 1.82) is 0 Å². The number of rotatable bonds is 6. The molecule has 0 radical (unpaired) electrons. The lowest BCUT2D eigenvalue weighted by molar-refractivity contribution is 0.0894. The molecule has 1 aliphatic rings. The molecular formula is C22H24FN3O3. The van der Waals surface area contributed by atoms with Gasteiger partial charge >= 0.3 is 6.01 Å². The summed E-state index contributed by atoms with van der Waals surface area (Å²) < 4.78 is 26.8. The monoisotopic (exact) mass is 397 g/mol. The molecule has 3 aromatic rings. The van der Waals surface area contributed by atoms with E-state index in [9.17, 15) is 9.18 Å². The molecule has 0 amide bonds. The molecule has 0 bridgehead atoms. The van der Waals surface area contributed by atoms with E-state index in [4.69, 9.17) is 9.47 Å². The second-order valence-electron chi connectivity index (χ2n) is 7.06. The highest BCUT2D eigenvalue weighted by Crippen LogP contribution is 2.30. The first kappa shape index (κ1) is 19.4. The van der Waals surface area contributed by atoms with Crippen molar-refractivity contribution in [3.05, 3.63) is 53.8 Å². The quantitative estimate of drug-likeness (QED) is 0.635. The summed E-state index contributed by atoms with van der Waals surface area (Å²) in [5.74, 6) is -0.469. The van der Waals surface area contributed by atoms with Gasteiger partial charge in [0.1, 0.15) is 5.82 Å². The van der Waals surface area contributed by atoms with Crippen molar-refractivity contribution >= 4 is 22.6 Å². The van der Waals surface area contributed by atoms with Crippen LogP contribution in [-0.4, -0.2) is 48.9 Å². The van der Waals surface area contributed by atoms with E-state index in [2.05, 4.69) is 17.1 Å². The number of imidazole rings is 1. The van der Waals surface area contributed by atoms with Gasteiger partial charge < -0.3 is 14.4 Å². The number of fused-ring (bicyclic) bond motifs is 1. The van der Waals surface area contributed by atoms with E-state index in [0.29, 0.717) is 55.9 Å². The van der Waals surface area contributed by atoms with Crippen LogP contribution >= 0.6 is 0 Å². The number of methoxy groups -OCH3 is 1. The number of aryl methyl sites for hydroxylation is 1. The lowest BCUT2D eigenvalue weighted by Crippen LogP contribution is -2.36. The van der Waals surface area contributed by atoms with E-state index in [-0.39, 0.29) is 17.7 Å². The molecule has 6 nitrogen and oxygen atoms in total. The maximum atomic E-state index is 14.7. The van der Waals surface area contributed by atoms with E-state index >= 15 is 0 Å². The number of aromatic nitrogens is 2. The Morgan fingerprint density at radius 1 is 1.21 bits per heavy atom. The molecule has 0 atom stereocenters. The van der Waals surface area contributed by atoms with Gasteiger partial charge in [0.25, 0.3) is 0 Å². The molecule has 1 aromatic heterocycles. The molecule has 0 aliphatic carbocycles. The first-order valence-corrected chi connectivity index (χ1v) is 9.83. The van der Waals surface area contributed by atoms with Gasteiger partial charge in [-0.05, 0) is 24.5 Å². The van der Waals surface area contributed by atoms with Crippen LogP contribution < -0.4 is 9.64 Å². The van der Waals surface area contributed by atoms with Crippen molar-refractivity contribution in [3.8, 4) is 6.01 Å². The molecule has 1 saturated heterocycles. The number of nitrogens with zero attached hydrogens (tertiary/aromatic N) is 3. The largest absolute Gasteiger partial charge is 0.468 e. The number of halogens is 1. The number of benzene rings is 2. The normalized spacial score (nSPS) is 14.3. The minimum Gasteiger partial charge on any atom is -0.468 e. The van der Waals surface area contributed by atoms with Gasteiger partial charge in [0, 0.05) is 25.6 Å². The van der Waals surface area contributed by atoms with Crippen LogP contribution in [0.4, 0.5) is 10.1 Å². The summed E-state index contributed by atoms with van der Waals surface area (Å²) in [5, 5.41) is 0. The third-order valence-electron chi connectivity index (χ3n) is 5.17. The summed E-state index contributed by atoms with van der Waals surface area (Å²) in [7, 11) is 1.47. The van der Waals surface area contributed by atoms with Crippen molar-refractivity contribution < 1.29 is 18.7 Å². The van der Waals surface area contributed by atoms with Crippen molar-refractivity contribution in [1.82, 2.24) is 9.55 Å². The third kappa shape index (κ3) is 4.10. The maximum Gasteiger partial charge on any atom is 0.304 e. The first-order valence-electron chi connectivity index (χ1n) is 9.83. The van der Waals surface area contributed by atoms with Crippen LogP contribution in [0.1, 0.15) is 23.2 Å². The van der Waals surface area contributed by atoms with E-state index in [1.54, 1.807) is 6.07 Å². The zero-order chi connectivity index (χ0) is 20.2. The average Bonchev–Trinajstić information content (AvgIpc) is 3.12. The summed E-state index contributed by atoms with van der Waals surface area (Å²) in [5.41, 5.74) is 2.63. The second-order valence-corrected chi connectivity index (χ2v) is 7.06. The first-order chi connectivity index (χ1) is 14.2. The molecule has 0 spiro atoms. The van der Waals surface area contributed by atoms with Gasteiger partial charge in [0.2, 0.25) is 5.91 Å². The van der Waals surface area contributed by atoms with Gasteiger partial charge in [-0.25, -0.2) is 8.96 Å². The number of carbonyl (C=O) groups is 1. The number of anilines is 1. The Hall–Kier alpha value is -2.93. The maximum absolute atomic E-state index is 14.7. The van der Waals surface area contributed by atoms with Crippen LogP contribution in [0, 0.1) is 5.82 Å². The SMILES string of the molecule is COc1nc2cc(F)c(N3CCOCC3)cc2n1C(=O)CCCc1ccccc1. The van der Waals surface area contributed by atoms with Crippen LogP contribution in [0.2, 0.25) is 0 Å². The van der Waals surface area contributed by atoms with E-state index in [1.165, 1.54) is 23.3 Å². The van der Waals surface area contributed by atoms with Gasteiger partial charge in [-0.3, -0.25) is 4.79 Å². The molecule has 1 aliphatic heterocycles.